The molecule has 0 aliphatic rings. The van der Waals surface area contributed by atoms with Crippen molar-refractivity contribution < 1.29 is 18.3 Å². The van der Waals surface area contributed by atoms with E-state index in [-0.39, 0.29) is 17.7 Å². The number of benzene rings is 1. The highest BCUT2D eigenvalue weighted by atomic mass is 19.1. The van der Waals surface area contributed by atoms with Crippen molar-refractivity contribution in [3.05, 3.63) is 34.9 Å². The molecule has 1 rings (SSSR count). The van der Waals surface area contributed by atoms with E-state index in [2.05, 4.69) is 4.74 Å². The van der Waals surface area contributed by atoms with E-state index in [1.54, 1.807) is 0 Å². The minimum atomic E-state index is -0.760. The summed E-state index contributed by atoms with van der Waals surface area (Å²) in [5, 5.41) is 0. The summed E-state index contributed by atoms with van der Waals surface area (Å²) in [6.07, 6.45) is 0.392. The highest BCUT2D eigenvalue weighted by Crippen LogP contribution is 2.15. The number of rotatable bonds is 3. The van der Waals surface area contributed by atoms with Crippen LogP contribution in [0.25, 0.3) is 0 Å². The van der Waals surface area contributed by atoms with Gasteiger partial charge in [0.2, 0.25) is 0 Å². The van der Waals surface area contributed by atoms with Gasteiger partial charge in [-0.05, 0) is 12.1 Å². The molecule has 0 bridgehead atoms. The van der Waals surface area contributed by atoms with Crippen molar-refractivity contribution in [3.63, 3.8) is 0 Å². The van der Waals surface area contributed by atoms with Crippen LogP contribution in [-0.2, 0) is 11.3 Å². The van der Waals surface area contributed by atoms with Gasteiger partial charge in [0.05, 0.1) is 6.61 Å². The fourth-order valence-corrected chi connectivity index (χ4v) is 0.973. The predicted octanol–water partition coefficient (Wildman–Crippen LogP) is 1.92. The van der Waals surface area contributed by atoms with Crippen molar-refractivity contribution >= 4 is 6.29 Å². The van der Waals surface area contributed by atoms with Crippen LogP contribution in [0, 0.1) is 11.6 Å². The van der Waals surface area contributed by atoms with E-state index in [0.29, 0.717) is 6.29 Å². The third-order valence-electron chi connectivity index (χ3n) is 1.59. The van der Waals surface area contributed by atoms with Crippen LogP contribution in [-0.4, -0.2) is 13.4 Å². The molecule has 70 valence electrons. The molecule has 0 spiro atoms. The molecule has 13 heavy (non-hydrogen) atoms. The van der Waals surface area contributed by atoms with E-state index in [9.17, 15) is 13.6 Å². The minimum absolute atomic E-state index is 0.0187. The molecule has 0 saturated carbocycles. The summed E-state index contributed by atoms with van der Waals surface area (Å²) in [7, 11) is 1.34. The Morgan fingerprint density at radius 3 is 2.31 bits per heavy atom. The first-order chi connectivity index (χ1) is 6.19. The second-order valence-electron chi connectivity index (χ2n) is 2.51. The highest BCUT2D eigenvalue weighted by Gasteiger charge is 2.10. The minimum Gasteiger partial charge on any atom is -0.380 e. The fraction of sp³-hybridized carbons (Fsp3) is 0.222. The number of methoxy groups -OCH3 is 1. The van der Waals surface area contributed by atoms with Gasteiger partial charge in [-0.2, -0.15) is 0 Å². The maximum Gasteiger partial charge on any atom is 0.150 e. The molecular formula is C9H8F2O2. The van der Waals surface area contributed by atoms with Crippen LogP contribution in [0.15, 0.2) is 12.1 Å². The van der Waals surface area contributed by atoms with Crippen LogP contribution in [0.2, 0.25) is 0 Å². The first kappa shape index (κ1) is 9.80. The van der Waals surface area contributed by atoms with Gasteiger partial charge in [0.25, 0.3) is 0 Å². The van der Waals surface area contributed by atoms with E-state index in [0.717, 1.165) is 12.1 Å². The van der Waals surface area contributed by atoms with Crippen molar-refractivity contribution in [3.8, 4) is 0 Å². The SMILES string of the molecule is COCc1c(F)cc(C=O)cc1F. The molecule has 2 nitrogen and oxygen atoms in total. The topological polar surface area (TPSA) is 26.3 Å². The van der Waals surface area contributed by atoms with Gasteiger partial charge in [-0.15, -0.1) is 0 Å². The number of carbonyl (C=O) groups is 1. The van der Waals surface area contributed by atoms with Crippen LogP contribution in [0.5, 0.6) is 0 Å². The molecule has 0 saturated heterocycles. The summed E-state index contributed by atoms with van der Waals surface area (Å²) in [5.74, 6) is -1.52. The van der Waals surface area contributed by atoms with Gasteiger partial charge in [0.1, 0.15) is 17.9 Å². The quantitative estimate of drug-likeness (QED) is 0.674. The molecule has 4 heteroatoms. The normalized spacial score (nSPS) is 10.1. The van der Waals surface area contributed by atoms with Crippen LogP contribution >= 0.6 is 0 Å². The van der Waals surface area contributed by atoms with Crippen LogP contribution in [0.1, 0.15) is 15.9 Å². The summed E-state index contributed by atoms with van der Waals surface area (Å²) in [6, 6.07) is 1.95. The van der Waals surface area contributed by atoms with Crippen LogP contribution in [0.4, 0.5) is 8.78 Å². The molecule has 0 aliphatic heterocycles. The molecule has 0 aliphatic carbocycles. The summed E-state index contributed by atoms with van der Waals surface area (Å²) < 4.78 is 30.6. The van der Waals surface area contributed by atoms with E-state index in [1.165, 1.54) is 7.11 Å². The molecule has 0 amide bonds. The lowest BCUT2D eigenvalue weighted by Gasteiger charge is -2.03. The number of hydrogen-bond acceptors (Lipinski definition) is 2. The third-order valence-corrected chi connectivity index (χ3v) is 1.59. The Kier molecular flexibility index (Phi) is 3.08. The van der Waals surface area contributed by atoms with E-state index in [1.807, 2.05) is 0 Å². The van der Waals surface area contributed by atoms with Crippen molar-refractivity contribution in [1.29, 1.82) is 0 Å². The molecule has 0 heterocycles. The fourth-order valence-electron chi connectivity index (χ4n) is 0.973. The molecule has 0 aromatic heterocycles. The number of hydrogen-bond donors (Lipinski definition) is 0. The van der Waals surface area contributed by atoms with Crippen molar-refractivity contribution in [2.75, 3.05) is 7.11 Å². The van der Waals surface area contributed by atoms with Gasteiger partial charge in [0.15, 0.2) is 0 Å². The Hall–Kier alpha value is -1.29. The van der Waals surface area contributed by atoms with Crippen LogP contribution in [0.3, 0.4) is 0 Å². The zero-order chi connectivity index (χ0) is 9.84. The Morgan fingerprint density at radius 2 is 1.92 bits per heavy atom. The third kappa shape index (κ3) is 2.09. The zero-order valence-corrected chi connectivity index (χ0v) is 7.01. The first-order valence-corrected chi connectivity index (χ1v) is 3.61. The number of halogens is 2. The molecule has 0 radical (unpaired) electrons. The summed E-state index contributed by atoms with van der Waals surface area (Å²) in [6.45, 7) is -0.142. The Balaban J connectivity index is 3.14. The van der Waals surface area contributed by atoms with Crippen molar-refractivity contribution in [1.82, 2.24) is 0 Å². The second kappa shape index (κ2) is 4.09. The number of aldehydes is 1. The van der Waals surface area contributed by atoms with Gasteiger partial charge in [0, 0.05) is 18.2 Å². The molecule has 0 fully saturated rings. The number of carbonyl (C=O) groups excluding carboxylic acids is 1. The predicted molar refractivity (Wildman–Crippen MR) is 42.5 cm³/mol. The molecule has 0 atom stereocenters. The summed E-state index contributed by atoms with van der Waals surface area (Å²) in [4.78, 5) is 10.2. The maximum absolute atomic E-state index is 13.0. The first-order valence-electron chi connectivity index (χ1n) is 3.61. The lowest BCUT2D eigenvalue weighted by atomic mass is 10.1. The summed E-state index contributed by atoms with van der Waals surface area (Å²) in [5.41, 5.74) is -0.178. The molecule has 0 unspecified atom stereocenters. The van der Waals surface area contributed by atoms with Gasteiger partial charge < -0.3 is 4.74 Å². The average molecular weight is 186 g/mol. The lowest BCUT2D eigenvalue weighted by Crippen LogP contribution is -1.99. The smallest absolute Gasteiger partial charge is 0.150 e. The molecule has 1 aromatic carbocycles. The van der Waals surface area contributed by atoms with E-state index in [4.69, 9.17) is 0 Å². The molecular weight excluding hydrogens is 178 g/mol. The Bertz CT molecular complexity index is 300. The molecule has 1 aromatic rings. The summed E-state index contributed by atoms with van der Waals surface area (Å²) >= 11 is 0. The van der Waals surface area contributed by atoms with Gasteiger partial charge in [-0.3, -0.25) is 4.79 Å². The van der Waals surface area contributed by atoms with Crippen LogP contribution < -0.4 is 0 Å². The highest BCUT2D eigenvalue weighted by molar-refractivity contribution is 5.74. The van der Waals surface area contributed by atoms with Crippen molar-refractivity contribution in [2.24, 2.45) is 0 Å². The Labute approximate surface area is 74.1 Å². The lowest BCUT2D eigenvalue weighted by molar-refractivity contribution is 0.112. The maximum atomic E-state index is 13.0. The largest absolute Gasteiger partial charge is 0.380 e. The van der Waals surface area contributed by atoms with Gasteiger partial charge in [-0.1, -0.05) is 0 Å². The van der Waals surface area contributed by atoms with E-state index < -0.39 is 11.6 Å². The second-order valence-corrected chi connectivity index (χ2v) is 2.51. The van der Waals surface area contributed by atoms with Crippen molar-refractivity contribution in [2.45, 2.75) is 6.61 Å². The average Bonchev–Trinajstić information content (AvgIpc) is 2.11. The standard InChI is InChI=1S/C9H8F2O2/c1-13-5-7-8(10)2-6(4-12)3-9(7)11/h2-4H,5H2,1H3. The van der Waals surface area contributed by atoms with E-state index >= 15 is 0 Å². The monoisotopic (exact) mass is 186 g/mol. The zero-order valence-electron chi connectivity index (χ0n) is 7.01. The molecule has 0 N–H and O–H groups in total. The van der Waals surface area contributed by atoms with Gasteiger partial charge >= 0.3 is 0 Å². The van der Waals surface area contributed by atoms with Gasteiger partial charge in [-0.25, -0.2) is 8.78 Å². The number of ether oxygens (including phenoxy) is 1. The Morgan fingerprint density at radius 1 is 1.38 bits per heavy atom.